The summed E-state index contributed by atoms with van der Waals surface area (Å²) in [6.07, 6.45) is 5.51. The van der Waals surface area contributed by atoms with Crippen LogP contribution in [0.5, 0.6) is 0 Å². The fourth-order valence-corrected chi connectivity index (χ4v) is 1.73. The van der Waals surface area contributed by atoms with E-state index >= 15 is 0 Å². The molecule has 0 saturated heterocycles. The molecule has 0 aliphatic heterocycles. The van der Waals surface area contributed by atoms with Gasteiger partial charge in [-0.1, -0.05) is 6.07 Å². The highest BCUT2D eigenvalue weighted by Gasteiger charge is 2.10. The third-order valence-electron chi connectivity index (χ3n) is 2.71. The molecule has 0 spiro atoms. The van der Waals surface area contributed by atoms with Gasteiger partial charge in [0.05, 0.1) is 11.7 Å². The molecule has 0 fully saturated rings. The van der Waals surface area contributed by atoms with Crippen LogP contribution in [0.2, 0.25) is 0 Å². The van der Waals surface area contributed by atoms with Crippen LogP contribution < -0.4 is 5.73 Å². The van der Waals surface area contributed by atoms with E-state index in [0.29, 0.717) is 6.42 Å². The topological polar surface area (TPSA) is 51.8 Å². The van der Waals surface area contributed by atoms with Crippen molar-refractivity contribution in [3.8, 4) is 0 Å². The SMILES string of the molecule is Cc1cc(F)ccc1CC(N)c1cnccn1. The molecule has 1 heterocycles. The number of aromatic nitrogens is 2. The lowest BCUT2D eigenvalue weighted by Gasteiger charge is -2.12. The first-order valence-electron chi connectivity index (χ1n) is 5.43. The normalized spacial score (nSPS) is 12.4. The van der Waals surface area contributed by atoms with Crippen LogP contribution in [-0.4, -0.2) is 9.97 Å². The molecular weight excluding hydrogens is 217 g/mol. The Morgan fingerprint density at radius 1 is 1.35 bits per heavy atom. The summed E-state index contributed by atoms with van der Waals surface area (Å²) in [6.45, 7) is 1.88. The molecule has 3 nitrogen and oxygen atoms in total. The van der Waals surface area contributed by atoms with Gasteiger partial charge in [0.25, 0.3) is 0 Å². The number of halogens is 1. The zero-order valence-corrected chi connectivity index (χ0v) is 9.60. The van der Waals surface area contributed by atoms with Gasteiger partial charge < -0.3 is 5.73 Å². The summed E-state index contributed by atoms with van der Waals surface area (Å²) < 4.78 is 13.0. The van der Waals surface area contributed by atoms with Gasteiger partial charge in [0.1, 0.15) is 5.82 Å². The van der Waals surface area contributed by atoms with E-state index in [4.69, 9.17) is 5.73 Å². The molecule has 0 saturated carbocycles. The quantitative estimate of drug-likeness (QED) is 0.880. The van der Waals surface area contributed by atoms with E-state index in [1.807, 2.05) is 6.92 Å². The van der Waals surface area contributed by atoms with Gasteiger partial charge in [0.2, 0.25) is 0 Å². The summed E-state index contributed by atoms with van der Waals surface area (Å²) in [6, 6.07) is 4.51. The van der Waals surface area contributed by atoms with Crippen LogP contribution in [0.4, 0.5) is 4.39 Å². The second-order valence-corrected chi connectivity index (χ2v) is 4.01. The summed E-state index contributed by atoms with van der Waals surface area (Å²) in [5.74, 6) is -0.223. The molecule has 0 bridgehead atoms. The minimum atomic E-state index is -0.223. The fourth-order valence-electron chi connectivity index (χ4n) is 1.73. The van der Waals surface area contributed by atoms with Gasteiger partial charge in [-0.15, -0.1) is 0 Å². The van der Waals surface area contributed by atoms with Crippen molar-refractivity contribution < 1.29 is 4.39 Å². The van der Waals surface area contributed by atoms with Crippen molar-refractivity contribution in [3.05, 3.63) is 59.4 Å². The molecule has 1 atom stereocenters. The zero-order valence-electron chi connectivity index (χ0n) is 9.60. The summed E-state index contributed by atoms with van der Waals surface area (Å²) in [5.41, 5.74) is 8.72. The average Bonchev–Trinajstić information content (AvgIpc) is 2.34. The maximum atomic E-state index is 13.0. The lowest BCUT2D eigenvalue weighted by molar-refractivity contribution is 0.623. The lowest BCUT2D eigenvalue weighted by Crippen LogP contribution is -2.15. The first kappa shape index (κ1) is 11.7. The third kappa shape index (κ3) is 2.85. The molecule has 0 aliphatic carbocycles. The largest absolute Gasteiger partial charge is 0.322 e. The van der Waals surface area contributed by atoms with Crippen molar-refractivity contribution in [2.24, 2.45) is 5.73 Å². The predicted molar refractivity (Wildman–Crippen MR) is 63.8 cm³/mol. The molecule has 17 heavy (non-hydrogen) atoms. The number of aryl methyl sites for hydroxylation is 1. The maximum absolute atomic E-state index is 13.0. The zero-order chi connectivity index (χ0) is 12.3. The Morgan fingerprint density at radius 3 is 2.82 bits per heavy atom. The molecule has 1 unspecified atom stereocenters. The minimum absolute atomic E-state index is 0.215. The van der Waals surface area contributed by atoms with Crippen LogP contribution in [-0.2, 0) is 6.42 Å². The molecule has 2 aromatic rings. The van der Waals surface area contributed by atoms with Gasteiger partial charge in [-0.25, -0.2) is 4.39 Å². The molecule has 1 aromatic carbocycles. The number of hydrogen-bond donors (Lipinski definition) is 1. The Balaban J connectivity index is 2.16. The highest BCUT2D eigenvalue weighted by Crippen LogP contribution is 2.17. The van der Waals surface area contributed by atoms with Crippen molar-refractivity contribution in [2.75, 3.05) is 0 Å². The molecule has 88 valence electrons. The van der Waals surface area contributed by atoms with Crippen LogP contribution in [0.3, 0.4) is 0 Å². The smallest absolute Gasteiger partial charge is 0.123 e. The van der Waals surface area contributed by atoms with E-state index in [0.717, 1.165) is 16.8 Å². The number of rotatable bonds is 3. The number of nitrogens with two attached hydrogens (primary N) is 1. The first-order chi connectivity index (χ1) is 8.16. The van der Waals surface area contributed by atoms with E-state index < -0.39 is 0 Å². The molecule has 0 radical (unpaired) electrons. The number of benzene rings is 1. The van der Waals surface area contributed by atoms with Crippen LogP contribution in [0.1, 0.15) is 22.9 Å². The Kier molecular flexibility index (Phi) is 3.44. The van der Waals surface area contributed by atoms with Crippen molar-refractivity contribution in [2.45, 2.75) is 19.4 Å². The van der Waals surface area contributed by atoms with Gasteiger partial charge in [-0.2, -0.15) is 0 Å². The Bertz CT molecular complexity index is 499. The molecule has 0 amide bonds. The van der Waals surface area contributed by atoms with Crippen LogP contribution in [0.25, 0.3) is 0 Å². The highest BCUT2D eigenvalue weighted by atomic mass is 19.1. The number of hydrogen-bond acceptors (Lipinski definition) is 3. The molecular formula is C13H14FN3. The van der Waals surface area contributed by atoms with Gasteiger partial charge in [0.15, 0.2) is 0 Å². The molecule has 4 heteroatoms. The van der Waals surface area contributed by atoms with Gasteiger partial charge >= 0.3 is 0 Å². The van der Waals surface area contributed by atoms with E-state index in [-0.39, 0.29) is 11.9 Å². The van der Waals surface area contributed by atoms with E-state index in [2.05, 4.69) is 9.97 Å². The van der Waals surface area contributed by atoms with Crippen molar-refractivity contribution >= 4 is 0 Å². The predicted octanol–water partition coefficient (Wildman–Crippen LogP) is 2.17. The van der Waals surface area contributed by atoms with Gasteiger partial charge in [-0.3, -0.25) is 9.97 Å². The average molecular weight is 231 g/mol. The summed E-state index contributed by atoms with van der Waals surface area (Å²) in [4.78, 5) is 8.14. The number of nitrogens with zero attached hydrogens (tertiary/aromatic N) is 2. The highest BCUT2D eigenvalue weighted by molar-refractivity contribution is 5.28. The van der Waals surface area contributed by atoms with Crippen molar-refractivity contribution in [1.29, 1.82) is 0 Å². The van der Waals surface area contributed by atoms with E-state index in [1.54, 1.807) is 24.7 Å². The minimum Gasteiger partial charge on any atom is -0.322 e. The van der Waals surface area contributed by atoms with E-state index in [9.17, 15) is 4.39 Å². The Hall–Kier alpha value is -1.81. The third-order valence-corrected chi connectivity index (χ3v) is 2.71. The molecule has 2 N–H and O–H groups in total. The maximum Gasteiger partial charge on any atom is 0.123 e. The lowest BCUT2D eigenvalue weighted by atomic mass is 10.00. The van der Waals surface area contributed by atoms with Crippen LogP contribution >= 0.6 is 0 Å². The Morgan fingerprint density at radius 2 is 2.18 bits per heavy atom. The second-order valence-electron chi connectivity index (χ2n) is 4.01. The summed E-state index contributed by atoms with van der Waals surface area (Å²) in [5, 5.41) is 0. The fraction of sp³-hybridized carbons (Fsp3) is 0.231. The molecule has 2 rings (SSSR count). The molecule has 1 aromatic heterocycles. The summed E-state index contributed by atoms with van der Waals surface area (Å²) in [7, 11) is 0. The van der Waals surface area contributed by atoms with Crippen LogP contribution in [0.15, 0.2) is 36.8 Å². The van der Waals surface area contributed by atoms with Gasteiger partial charge in [0, 0.05) is 18.6 Å². The monoisotopic (exact) mass is 231 g/mol. The van der Waals surface area contributed by atoms with Crippen LogP contribution in [0, 0.1) is 12.7 Å². The second kappa shape index (κ2) is 5.01. The Labute approximate surface area is 99.5 Å². The van der Waals surface area contributed by atoms with E-state index in [1.165, 1.54) is 12.1 Å². The van der Waals surface area contributed by atoms with Gasteiger partial charge in [-0.05, 0) is 36.6 Å². The first-order valence-corrected chi connectivity index (χ1v) is 5.43. The summed E-state index contributed by atoms with van der Waals surface area (Å²) >= 11 is 0. The molecule has 0 aliphatic rings. The van der Waals surface area contributed by atoms with Crippen molar-refractivity contribution in [1.82, 2.24) is 9.97 Å². The van der Waals surface area contributed by atoms with Crippen molar-refractivity contribution in [3.63, 3.8) is 0 Å². The standard InChI is InChI=1S/C13H14FN3/c1-9-6-11(14)3-2-10(9)7-12(15)13-8-16-4-5-17-13/h2-6,8,12H,7,15H2,1H3.